The summed E-state index contributed by atoms with van der Waals surface area (Å²) in [5.74, 6) is 0.570. The van der Waals surface area contributed by atoms with E-state index >= 15 is 0 Å². The van der Waals surface area contributed by atoms with Gasteiger partial charge in [0.1, 0.15) is 5.75 Å². The third-order valence-electron chi connectivity index (χ3n) is 2.48. The molecular weight excluding hydrogens is 361 g/mol. The molecule has 0 radical (unpaired) electrons. The second-order valence-electron chi connectivity index (χ2n) is 3.74. The molecule has 0 heterocycles. The molecule has 19 heavy (non-hydrogen) atoms. The van der Waals surface area contributed by atoms with Crippen molar-refractivity contribution in [2.24, 2.45) is 0 Å². The lowest BCUT2D eigenvalue weighted by atomic mass is 10.2. The predicted octanol–water partition coefficient (Wildman–Crippen LogP) is 3.48. The van der Waals surface area contributed by atoms with E-state index in [1.165, 1.54) is 6.07 Å². The highest BCUT2D eigenvalue weighted by Crippen LogP contribution is 2.33. The van der Waals surface area contributed by atoms with Crippen molar-refractivity contribution < 1.29 is 14.8 Å². The van der Waals surface area contributed by atoms with Crippen LogP contribution in [0.25, 0.3) is 0 Å². The van der Waals surface area contributed by atoms with E-state index in [0.29, 0.717) is 11.3 Å². The molecule has 5 nitrogen and oxygen atoms in total. The van der Waals surface area contributed by atoms with Crippen LogP contribution in [-0.4, -0.2) is 10.0 Å². The Labute approximate surface area is 123 Å². The van der Waals surface area contributed by atoms with Crippen LogP contribution in [0, 0.1) is 13.7 Å². The zero-order chi connectivity index (χ0) is 13.8. The normalized spacial score (nSPS) is 10.2. The Hall–Kier alpha value is -1.67. The molecule has 0 aromatic heterocycles. The quantitative estimate of drug-likeness (QED) is 0.508. The first-order valence-corrected chi connectivity index (χ1v) is 6.50. The van der Waals surface area contributed by atoms with Crippen molar-refractivity contribution in [1.82, 2.24) is 0 Å². The van der Waals surface area contributed by atoms with Gasteiger partial charge in [0, 0.05) is 15.2 Å². The van der Waals surface area contributed by atoms with Gasteiger partial charge in [0.25, 0.3) is 0 Å². The molecule has 0 bridgehead atoms. The highest BCUT2D eigenvalue weighted by atomic mass is 127. The molecule has 0 fully saturated rings. The number of aliphatic hydroxyl groups excluding tert-OH is 1. The molecule has 0 saturated carbocycles. The average Bonchev–Trinajstić information content (AvgIpc) is 2.41. The number of aliphatic hydroxyl groups is 1. The van der Waals surface area contributed by atoms with Crippen LogP contribution in [0.3, 0.4) is 0 Å². The second-order valence-corrected chi connectivity index (χ2v) is 4.98. The fourth-order valence-electron chi connectivity index (χ4n) is 1.57. The van der Waals surface area contributed by atoms with Crippen LogP contribution in [0.2, 0.25) is 0 Å². The van der Waals surface area contributed by atoms with Crippen LogP contribution in [-0.2, 0) is 6.61 Å². The summed E-state index contributed by atoms with van der Waals surface area (Å²) in [6.07, 6.45) is 0. The van der Waals surface area contributed by atoms with E-state index < -0.39 is 4.92 Å². The maximum absolute atomic E-state index is 11.0. The lowest BCUT2D eigenvalue weighted by Gasteiger charge is -2.09. The van der Waals surface area contributed by atoms with Crippen LogP contribution < -0.4 is 4.74 Å². The summed E-state index contributed by atoms with van der Waals surface area (Å²) in [5.41, 5.74) is 0.481. The molecule has 0 amide bonds. The van der Waals surface area contributed by atoms with Crippen molar-refractivity contribution in [2.45, 2.75) is 6.61 Å². The summed E-state index contributed by atoms with van der Waals surface area (Å²) >= 11 is 2.00. The van der Waals surface area contributed by atoms with Crippen molar-refractivity contribution in [3.8, 4) is 11.5 Å². The van der Waals surface area contributed by atoms with Gasteiger partial charge in [-0.2, -0.15) is 0 Å². The van der Waals surface area contributed by atoms with E-state index in [1.54, 1.807) is 36.4 Å². The summed E-state index contributed by atoms with van der Waals surface area (Å²) < 4.78 is 6.30. The molecule has 0 spiro atoms. The van der Waals surface area contributed by atoms with Gasteiger partial charge in [0.15, 0.2) is 0 Å². The van der Waals surface area contributed by atoms with Crippen molar-refractivity contribution in [1.29, 1.82) is 0 Å². The molecular formula is C13H10INO4. The van der Waals surface area contributed by atoms with Gasteiger partial charge < -0.3 is 9.84 Å². The number of nitrogens with zero attached hydrogens (tertiary/aromatic N) is 1. The van der Waals surface area contributed by atoms with Gasteiger partial charge in [-0.15, -0.1) is 0 Å². The van der Waals surface area contributed by atoms with E-state index in [1.807, 2.05) is 22.6 Å². The highest BCUT2D eigenvalue weighted by molar-refractivity contribution is 14.1. The highest BCUT2D eigenvalue weighted by Gasteiger charge is 2.17. The van der Waals surface area contributed by atoms with E-state index in [2.05, 4.69) is 0 Å². The lowest BCUT2D eigenvalue weighted by Crippen LogP contribution is -1.96. The number of hydrogen-bond donors (Lipinski definition) is 1. The van der Waals surface area contributed by atoms with E-state index in [4.69, 9.17) is 4.74 Å². The van der Waals surface area contributed by atoms with Gasteiger partial charge in [-0.25, -0.2) is 0 Å². The molecule has 2 aromatic carbocycles. The van der Waals surface area contributed by atoms with E-state index in [-0.39, 0.29) is 18.0 Å². The fourth-order valence-corrected chi connectivity index (χ4v) is 2.05. The molecule has 0 aliphatic rings. The fraction of sp³-hybridized carbons (Fsp3) is 0.0769. The molecule has 2 aromatic rings. The molecule has 0 saturated heterocycles. The SMILES string of the molecule is O=[N+]([O-])c1cc(I)ccc1Oc1ccccc1CO. The number of benzene rings is 2. The second kappa shape index (κ2) is 5.98. The zero-order valence-electron chi connectivity index (χ0n) is 9.75. The summed E-state index contributed by atoms with van der Waals surface area (Å²) in [7, 11) is 0. The number of hydrogen-bond acceptors (Lipinski definition) is 4. The molecule has 0 atom stereocenters. The Morgan fingerprint density at radius 2 is 1.95 bits per heavy atom. The van der Waals surface area contributed by atoms with E-state index in [9.17, 15) is 15.2 Å². The van der Waals surface area contributed by atoms with Gasteiger partial charge in [-0.05, 0) is 40.8 Å². The first-order valence-electron chi connectivity index (χ1n) is 5.42. The molecule has 6 heteroatoms. The van der Waals surface area contributed by atoms with Crippen LogP contribution >= 0.6 is 22.6 Å². The molecule has 98 valence electrons. The lowest BCUT2D eigenvalue weighted by molar-refractivity contribution is -0.385. The number of ether oxygens (including phenoxy) is 1. The maximum Gasteiger partial charge on any atom is 0.312 e. The van der Waals surface area contributed by atoms with E-state index in [0.717, 1.165) is 3.57 Å². The van der Waals surface area contributed by atoms with Gasteiger partial charge in [0.2, 0.25) is 5.75 Å². The summed E-state index contributed by atoms with van der Waals surface area (Å²) in [6.45, 7) is -0.186. The number of para-hydroxylation sites is 1. The van der Waals surface area contributed by atoms with Gasteiger partial charge >= 0.3 is 5.69 Å². The number of nitro groups is 1. The first-order chi connectivity index (χ1) is 9.11. The van der Waals surface area contributed by atoms with Gasteiger partial charge in [-0.1, -0.05) is 18.2 Å². The van der Waals surface area contributed by atoms with Crippen molar-refractivity contribution in [3.05, 3.63) is 61.7 Å². The van der Waals surface area contributed by atoms with Crippen LogP contribution in [0.5, 0.6) is 11.5 Å². The Balaban J connectivity index is 2.41. The Morgan fingerprint density at radius 3 is 2.63 bits per heavy atom. The topological polar surface area (TPSA) is 72.6 Å². The Morgan fingerprint density at radius 1 is 1.21 bits per heavy atom. The summed E-state index contributed by atoms with van der Waals surface area (Å²) in [5, 5.41) is 20.2. The monoisotopic (exact) mass is 371 g/mol. The van der Waals surface area contributed by atoms with Crippen LogP contribution in [0.1, 0.15) is 5.56 Å². The molecule has 0 unspecified atom stereocenters. The molecule has 1 N–H and O–H groups in total. The minimum absolute atomic E-state index is 0.0976. The Kier molecular flexibility index (Phi) is 4.33. The molecule has 0 aliphatic carbocycles. The average molecular weight is 371 g/mol. The number of nitro benzene ring substituents is 1. The summed E-state index contributed by atoms with van der Waals surface area (Å²) in [4.78, 5) is 10.5. The maximum atomic E-state index is 11.0. The van der Waals surface area contributed by atoms with Crippen molar-refractivity contribution in [2.75, 3.05) is 0 Å². The van der Waals surface area contributed by atoms with Crippen LogP contribution in [0.4, 0.5) is 5.69 Å². The molecule has 0 aliphatic heterocycles. The smallest absolute Gasteiger partial charge is 0.312 e. The standard InChI is InChI=1S/C13H10INO4/c14-10-5-6-13(11(7-10)15(17)18)19-12-4-2-1-3-9(12)8-16/h1-7,16H,8H2. The van der Waals surface area contributed by atoms with Crippen molar-refractivity contribution >= 4 is 28.3 Å². The van der Waals surface area contributed by atoms with Gasteiger partial charge in [0.05, 0.1) is 11.5 Å². The predicted molar refractivity (Wildman–Crippen MR) is 78.3 cm³/mol. The third kappa shape index (κ3) is 3.21. The third-order valence-corrected chi connectivity index (χ3v) is 3.15. The Bertz CT molecular complexity index is 615. The van der Waals surface area contributed by atoms with Crippen LogP contribution in [0.15, 0.2) is 42.5 Å². The van der Waals surface area contributed by atoms with Crippen molar-refractivity contribution in [3.63, 3.8) is 0 Å². The summed E-state index contributed by atoms with van der Waals surface area (Å²) in [6, 6.07) is 11.6. The minimum atomic E-state index is -0.487. The minimum Gasteiger partial charge on any atom is -0.450 e. The molecule has 2 rings (SSSR count). The first kappa shape index (κ1) is 13.8. The zero-order valence-corrected chi connectivity index (χ0v) is 11.9. The van der Waals surface area contributed by atoms with Gasteiger partial charge in [-0.3, -0.25) is 10.1 Å². The number of halogens is 1. The number of rotatable bonds is 4. The largest absolute Gasteiger partial charge is 0.450 e.